The summed E-state index contributed by atoms with van der Waals surface area (Å²) in [5, 5.41) is 6.61. The monoisotopic (exact) mass is 527 g/mol. The molecule has 0 spiro atoms. The van der Waals surface area contributed by atoms with Crippen molar-refractivity contribution in [3.05, 3.63) is 0 Å². The molecule has 0 aliphatic carbocycles. The van der Waals surface area contributed by atoms with Gasteiger partial charge in [0.1, 0.15) is 12.1 Å². The molecule has 1 rings (SSSR count). The number of hydrogen-bond acceptors (Lipinski definition) is 5. The van der Waals surface area contributed by atoms with Crippen molar-refractivity contribution in [2.24, 2.45) is 4.99 Å². The van der Waals surface area contributed by atoms with Crippen LogP contribution < -0.4 is 10.6 Å². The van der Waals surface area contributed by atoms with Crippen LogP contribution in [-0.4, -0.2) is 92.4 Å². The molecule has 3 atom stereocenters. The van der Waals surface area contributed by atoms with Gasteiger partial charge in [-0.2, -0.15) is 0 Å². The standard InChI is InChI=1S/C19H37N5O4.HI/c1-9-13(2)21-17(20-10-16(25)23(6)7)22-14-11-24(12-15(14)27-8)18(26)28-19(3,4)5;/h13-15H,9-12H2,1-8H3,(H2,20,21,22);1H/t13?,14?,15-;/m0./s1. The Balaban J connectivity index is 0.00000784. The van der Waals surface area contributed by atoms with Gasteiger partial charge in [0.25, 0.3) is 0 Å². The third-order valence-electron chi connectivity index (χ3n) is 4.41. The summed E-state index contributed by atoms with van der Waals surface area (Å²) in [6, 6.07) is 0.0207. The summed E-state index contributed by atoms with van der Waals surface area (Å²) in [4.78, 5) is 31.8. The van der Waals surface area contributed by atoms with Crippen molar-refractivity contribution in [2.45, 2.75) is 64.8 Å². The number of nitrogens with zero attached hydrogens (tertiary/aromatic N) is 3. The number of hydrogen-bond donors (Lipinski definition) is 2. The molecule has 0 aromatic carbocycles. The molecule has 0 aromatic rings. The highest BCUT2D eigenvalue weighted by molar-refractivity contribution is 14.0. The minimum absolute atomic E-state index is 0. The van der Waals surface area contributed by atoms with Crippen LogP contribution in [0.3, 0.4) is 0 Å². The number of nitrogens with one attached hydrogen (secondary N) is 2. The number of carbonyl (C=O) groups excluding carboxylic acids is 2. The highest BCUT2D eigenvalue weighted by Crippen LogP contribution is 2.17. The van der Waals surface area contributed by atoms with Crippen molar-refractivity contribution >= 4 is 41.9 Å². The first-order chi connectivity index (χ1) is 13.0. The van der Waals surface area contributed by atoms with Gasteiger partial charge < -0.3 is 29.9 Å². The number of guanidine groups is 1. The fourth-order valence-electron chi connectivity index (χ4n) is 2.56. The SMILES string of the molecule is CCC(C)NC(=NCC(=O)N(C)C)NC1CN(C(=O)OC(C)(C)C)C[C@@H]1OC.I. The predicted molar refractivity (Wildman–Crippen MR) is 125 cm³/mol. The van der Waals surface area contributed by atoms with E-state index in [0.29, 0.717) is 19.0 Å². The summed E-state index contributed by atoms with van der Waals surface area (Å²) in [5.74, 6) is 0.443. The van der Waals surface area contributed by atoms with Crippen LogP contribution in [0.4, 0.5) is 4.79 Å². The van der Waals surface area contributed by atoms with Crippen molar-refractivity contribution in [3.63, 3.8) is 0 Å². The van der Waals surface area contributed by atoms with E-state index in [4.69, 9.17) is 9.47 Å². The van der Waals surface area contributed by atoms with Gasteiger partial charge in [-0.3, -0.25) is 4.79 Å². The Bertz CT molecular complexity index is 565. The summed E-state index contributed by atoms with van der Waals surface area (Å²) in [5.41, 5.74) is -0.553. The number of aliphatic imine (C=N–C) groups is 1. The summed E-state index contributed by atoms with van der Waals surface area (Å²) in [6.45, 7) is 10.5. The van der Waals surface area contributed by atoms with Crippen molar-refractivity contribution in [2.75, 3.05) is 40.8 Å². The van der Waals surface area contributed by atoms with Gasteiger partial charge in [0, 0.05) is 33.8 Å². The zero-order valence-electron chi connectivity index (χ0n) is 18.9. The van der Waals surface area contributed by atoms with E-state index >= 15 is 0 Å². The van der Waals surface area contributed by atoms with E-state index in [1.165, 1.54) is 4.90 Å². The summed E-state index contributed by atoms with van der Waals surface area (Å²) >= 11 is 0. The van der Waals surface area contributed by atoms with E-state index in [9.17, 15) is 9.59 Å². The first-order valence-electron chi connectivity index (χ1n) is 9.75. The van der Waals surface area contributed by atoms with Gasteiger partial charge in [0.05, 0.1) is 18.7 Å². The van der Waals surface area contributed by atoms with E-state index in [2.05, 4.69) is 22.5 Å². The van der Waals surface area contributed by atoms with Crippen LogP contribution in [0.15, 0.2) is 4.99 Å². The molecule has 0 bridgehead atoms. The maximum Gasteiger partial charge on any atom is 0.410 e. The Morgan fingerprint density at radius 1 is 1.28 bits per heavy atom. The smallest absolute Gasteiger partial charge is 0.410 e. The van der Waals surface area contributed by atoms with Crippen molar-refractivity contribution in [1.29, 1.82) is 0 Å². The molecule has 1 saturated heterocycles. The van der Waals surface area contributed by atoms with E-state index < -0.39 is 5.60 Å². The maximum absolute atomic E-state index is 12.4. The first kappa shape index (κ1) is 27.7. The van der Waals surface area contributed by atoms with Gasteiger partial charge in [-0.25, -0.2) is 9.79 Å². The number of methoxy groups -OCH3 is 1. The molecule has 1 heterocycles. The van der Waals surface area contributed by atoms with Crippen LogP contribution in [0.5, 0.6) is 0 Å². The zero-order chi connectivity index (χ0) is 21.5. The van der Waals surface area contributed by atoms with Crippen molar-refractivity contribution < 1.29 is 19.1 Å². The maximum atomic E-state index is 12.4. The Labute approximate surface area is 192 Å². The third-order valence-corrected chi connectivity index (χ3v) is 4.41. The van der Waals surface area contributed by atoms with E-state index in [1.54, 1.807) is 26.1 Å². The predicted octanol–water partition coefficient (Wildman–Crippen LogP) is 1.66. The molecule has 0 saturated carbocycles. The molecule has 2 unspecified atom stereocenters. The lowest BCUT2D eigenvalue weighted by Gasteiger charge is -2.25. The van der Waals surface area contributed by atoms with E-state index in [0.717, 1.165) is 6.42 Å². The average molecular weight is 527 g/mol. The first-order valence-corrected chi connectivity index (χ1v) is 9.75. The quantitative estimate of drug-likeness (QED) is 0.310. The summed E-state index contributed by atoms with van der Waals surface area (Å²) < 4.78 is 11.0. The summed E-state index contributed by atoms with van der Waals surface area (Å²) in [7, 11) is 5.01. The minimum atomic E-state index is -0.553. The topological polar surface area (TPSA) is 95.5 Å². The molecule has 1 aliphatic rings. The fraction of sp³-hybridized carbons (Fsp3) is 0.842. The molecule has 0 aromatic heterocycles. The molecule has 9 nitrogen and oxygen atoms in total. The molecule has 10 heteroatoms. The van der Waals surface area contributed by atoms with Crippen LogP contribution in [0.25, 0.3) is 0 Å². The number of amides is 2. The Morgan fingerprint density at radius 3 is 2.38 bits per heavy atom. The second-order valence-electron chi connectivity index (χ2n) is 8.32. The zero-order valence-corrected chi connectivity index (χ0v) is 21.3. The lowest BCUT2D eigenvalue weighted by atomic mass is 10.2. The summed E-state index contributed by atoms with van der Waals surface area (Å²) in [6.07, 6.45) is 0.334. The molecular formula is C19H38IN5O4. The highest BCUT2D eigenvalue weighted by Gasteiger charge is 2.38. The number of carbonyl (C=O) groups is 2. The van der Waals surface area contributed by atoms with E-state index in [-0.39, 0.29) is 60.7 Å². The second kappa shape index (κ2) is 12.4. The fourth-order valence-corrected chi connectivity index (χ4v) is 2.56. The van der Waals surface area contributed by atoms with Gasteiger partial charge in [-0.15, -0.1) is 24.0 Å². The van der Waals surface area contributed by atoms with Crippen LogP contribution in [0.2, 0.25) is 0 Å². The number of likely N-dealkylation sites (N-methyl/N-ethyl adjacent to an activating group) is 1. The highest BCUT2D eigenvalue weighted by atomic mass is 127. The number of likely N-dealkylation sites (tertiary alicyclic amines) is 1. The van der Waals surface area contributed by atoms with Crippen LogP contribution >= 0.6 is 24.0 Å². The number of halogens is 1. The molecule has 0 radical (unpaired) electrons. The van der Waals surface area contributed by atoms with Crippen LogP contribution in [0, 0.1) is 0 Å². The molecular weight excluding hydrogens is 489 g/mol. The van der Waals surface area contributed by atoms with Gasteiger partial charge in [0.2, 0.25) is 5.91 Å². The van der Waals surface area contributed by atoms with Gasteiger partial charge in [-0.05, 0) is 34.1 Å². The van der Waals surface area contributed by atoms with Gasteiger partial charge in [-0.1, -0.05) is 6.92 Å². The van der Waals surface area contributed by atoms with Gasteiger partial charge in [0.15, 0.2) is 5.96 Å². The van der Waals surface area contributed by atoms with Crippen molar-refractivity contribution in [1.82, 2.24) is 20.4 Å². The molecule has 1 aliphatic heterocycles. The Kier molecular flexibility index (Phi) is 11.9. The van der Waals surface area contributed by atoms with Crippen LogP contribution in [0.1, 0.15) is 41.0 Å². The Hall–Kier alpha value is -1.30. The minimum Gasteiger partial charge on any atom is -0.444 e. The largest absolute Gasteiger partial charge is 0.444 e. The molecule has 2 amide bonds. The van der Waals surface area contributed by atoms with Crippen molar-refractivity contribution in [3.8, 4) is 0 Å². The number of ether oxygens (including phenoxy) is 2. The van der Waals surface area contributed by atoms with E-state index in [1.807, 2.05) is 27.7 Å². The molecule has 170 valence electrons. The number of rotatable bonds is 6. The Morgan fingerprint density at radius 2 is 1.90 bits per heavy atom. The normalized spacial score (nSPS) is 20.6. The van der Waals surface area contributed by atoms with Gasteiger partial charge >= 0.3 is 6.09 Å². The average Bonchev–Trinajstić information content (AvgIpc) is 3.00. The lowest BCUT2D eigenvalue weighted by Crippen LogP contribution is -2.51. The lowest BCUT2D eigenvalue weighted by molar-refractivity contribution is -0.127. The second-order valence-corrected chi connectivity index (χ2v) is 8.32. The van der Waals surface area contributed by atoms with Crippen LogP contribution in [-0.2, 0) is 14.3 Å². The molecule has 29 heavy (non-hydrogen) atoms. The molecule has 2 N–H and O–H groups in total. The molecule has 1 fully saturated rings. The third kappa shape index (κ3) is 9.83.